The first-order valence-electron chi connectivity index (χ1n) is 12.0. The van der Waals surface area contributed by atoms with Crippen LogP contribution in [-0.2, 0) is 4.79 Å². The minimum atomic E-state index is -4.48. The Morgan fingerprint density at radius 2 is 1.59 bits per heavy atom. The summed E-state index contributed by atoms with van der Waals surface area (Å²) in [5.74, 6) is -3.18. The van der Waals surface area contributed by atoms with Crippen LogP contribution in [-0.4, -0.2) is 48.3 Å². The number of carbonyl (C=O) groups is 2. The topological polar surface area (TPSA) is 70.7 Å². The summed E-state index contributed by atoms with van der Waals surface area (Å²) in [5, 5.41) is 4.89. The molecule has 0 spiro atoms. The molecule has 2 amide bonds. The Kier molecular flexibility index (Phi) is 7.34. The molecule has 200 valence electrons. The van der Waals surface area contributed by atoms with Gasteiger partial charge in [-0.3, -0.25) is 9.59 Å². The molecular formula is C26H28F5N3O3. The Morgan fingerprint density at radius 3 is 2.16 bits per heavy atom. The lowest BCUT2D eigenvalue weighted by atomic mass is 9.95. The molecule has 2 heterocycles. The fraction of sp³-hybridized carbons (Fsp3) is 0.462. The van der Waals surface area contributed by atoms with Crippen molar-refractivity contribution in [2.24, 2.45) is 0 Å². The fourth-order valence-electron chi connectivity index (χ4n) is 5.02. The molecule has 2 bridgehead atoms. The van der Waals surface area contributed by atoms with E-state index in [2.05, 4.69) is 10.2 Å². The van der Waals surface area contributed by atoms with E-state index in [1.165, 1.54) is 18.2 Å². The van der Waals surface area contributed by atoms with Crippen molar-refractivity contribution in [2.45, 2.75) is 69.4 Å². The summed E-state index contributed by atoms with van der Waals surface area (Å²) in [6.45, 7) is 1.72. The van der Waals surface area contributed by atoms with Crippen molar-refractivity contribution in [3.8, 4) is 5.75 Å². The van der Waals surface area contributed by atoms with Crippen molar-refractivity contribution in [1.82, 2.24) is 10.6 Å². The SMILES string of the molecule is CC(C)(Oc1ccc(F)c(F)c1)C(=O)NC1C[C@H]2CC[C@@H](C1)N2c1ccc(C(=O)NCC(F)(F)F)cc1. The first-order valence-corrected chi connectivity index (χ1v) is 12.0. The van der Waals surface area contributed by atoms with Crippen LogP contribution in [0, 0.1) is 11.6 Å². The van der Waals surface area contributed by atoms with E-state index in [1.807, 2.05) is 5.32 Å². The van der Waals surface area contributed by atoms with Crippen molar-refractivity contribution in [3.05, 3.63) is 59.7 Å². The number of amides is 2. The van der Waals surface area contributed by atoms with Crippen molar-refractivity contribution >= 4 is 17.5 Å². The number of anilines is 1. The van der Waals surface area contributed by atoms with Gasteiger partial charge in [-0.1, -0.05) is 0 Å². The Hall–Kier alpha value is -3.37. The fourth-order valence-corrected chi connectivity index (χ4v) is 5.02. The molecule has 11 heteroatoms. The van der Waals surface area contributed by atoms with Crippen molar-refractivity contribution in [2.75, 3.05) is 11.4 Å². The molecule has 0 saturated carbocycles. The van der Waals surface area contributed by atoms with Crippen LogP contribution in [0.1, 0.15) is 49.9 Å². The molecular weight excluding hydrogens is 497 g/mol. The van der Waals surface area contributed by atoms with Gasteiger partial charge in [0.25, 0.3) is 11.8 Å². The Bertz CT molecular complexity index is 1140. The third-order valence-electron chi connectivity index (χ3n) is 6.76. The molecule has 0 radical (unpaired) electrons. The molecule has 3 atom stereocenters. The van der Waals surface area contributed by atoms with Crippen LogP contribution < -0.4 is 20.3 Å². The van der Waals surface area contributed by atoms with E-state index in [-0.39, 0.29) is 35.3 Å². The van der Waals surface area contributed by atoms with Crippen LogP contribution in [0.2, 0.25) is 0 Å². The standard InChI is InChI=1S/C26H28F5N3O3/c1-25(2,37-20-9-10-21(27)22(28)13-20)24(36)33-16-11-18-7-8-19(12-16)34(18)17-5-3-15(4-6-17)23(35)32-14-26(29,30)31/h3-6,9-10,13,16,18-19H,7-8,11-12,14H2,1-2H3,(H,32,35)(H,33,36)/t16?,18-,19+. The molecule has 0 aromatic heterocycles. The van der Waals surface area contributed by atoms with E-state index in [0.29, 0.717) is 12.8 Å². The number of ether oxygens (including phenoxy) is 1. The number of benzene rings is 2. The molecule has 2 aliphatic heterocycles. The highest BCUT2D eigenvalue weighted by molar-refractivity contribution is 5.94. The van der Waals surface area contributed by atoms with Gasteiger partial charge in [-0.25, -0.2) is 8.78 Å². The number of fused-ring (bicyclic) bond motifs is 2. The summed E-state index contributed by atoms with van der Waals surface area (Å²) in [7, 11) is 0. The minimum absolute atomic E-state index is 0.0458. The number of carbonyl (C=O) groups excluding carboxylic acids is 2. The zero-order valence-corrected chi connectivity index (χ0v) is 20.4. The molecule has 2 aliphatic rings. The average molecular weight is 526 g/mol. The quantitative estimate of drug-likeness (QED) is 0.513. The van der Waals surface area contributed by atoms with Crippen LogP contribution in [0.5, 0.6) is 5.75 Å². The summed E-state index contributed by atoms with van der Waals surface area (Å²) in [6, 6.07) is 9.74. The van der Waals surface area contributed by atoms with Crippen molar-refractivity contribution in [1.29, 1.82) is 0 Å². The number of nitrogens with one attached hydrogen (secondary N) is 2. The van der Waals surface area contributed by atoms with Gasteiger partial charge in [0.05, 0.1) is 0 Å². The van der Waals surface area contributed by atoms with Crippen LogP contribution in [0.25, 0.3) is 0 Å². The average Bonchev–Trinajstić information content (AvgIpc) is 3.09. The number of nitrogens with zero attached hydrogens (tertiary/aromatic N) is 1. The number of hydrogen-bond donors (Lipinski definition) is 2. The lowest BCUT2D eigenvalue weighted by molar-refractivity contribution is -0.135. The van der Waals surface area contributed by atoms with Gasteiger partial charge in [-0.15, -0.1) is 0 Å². The van der Waals surface area contributed by atoms with E-state index >= 15 is 0 Å². The lowest BCUT2D eigenvalue weighted by Crippen LogP contribution is -2.55. The Morgan fingerprint density at radius 1 is 0.973 bits per heavy atom. The molecule has 4 rings (SSSR count). The predicted octanol–water partition coefficient (Wildman–Crippen LogP) is 4.73. The number of hydrogen-bond acceptors (Lipinski definition) is 4. The molecule has 37 heavy (non-hydrogen) atoms. The monoisotopic (exact) mass is 525 g/mol. The van der Waals surface area contributed by atoms with Crippen molar-refractivity contribution < 1.29 is 36.3 Å². The van der Waals surface area contributed by atoms with E-state index in [0.717, 1.165) is 30.7 Å². The number of alkyl halides is 3. The molecule has 2 saturated heterocycles. The highest BCUT2D eigenvalue weighted by Crippen LogP contribution is 2.39. The first kappa shape index (κ1) is 26.7. The first-order chi connectivity index (χ1) is 17.3. The van der Waals surface area contributed by atoms with E-state index in [1.54, 1.807) is 26.0 Å². The van der Waals surface area contributed by atoms with Gasteiger partial charge in [0.1, 0.15) is 12.3 Å². The lowest BCUT2D eigenvalue weighted by Gasteiger charge is -2.41. The molecule has 1 unspecified atom stereocenters. The Labute approximate surface area is 211 Å². The van der Waals surface area contributed by atoms with Gasteiger partial charge in [0.15, 0.2) is 17.2 Å². The maximum absolute atomic E-state index is 13.5. The molecule has 0 aliphatic carbocycles. The molecule has 6 nitrogen and oxygen atoms in total. The van der Waals surface area contributed by atoms with E-state index in [9.17, 15) is 31.5 Å². The van der Waals surface area contributed by atoms with Gasteiger partial charge < -0.3 is 20.3 Å². The zero-order chi connectivity index (χ0) is 27.0. The van der Waals surface area contributed by atoms with Gasteiger partial charge in [0.2, 0.25) is 0 Å². The van der Waals surface area contributed by atoms with Crippen LogP contribution in [0.4, 0.5) is 27.6 Å². The second-order valence-electron chi connectivity index (χ2n) is 9.97. The van der Waals surface area contributed by atoms with Crippen molar-refractivity contribution in [3.63, 3.8) is 0 Å². The second-order valence-corrected chi connectivity index (χ2v) is 9.97. The van der Waals surface area contributed by atoms with Crippen LogP contribution in [0.15, 0.2) is 42.5 Å². The van der Waals surface area contributed by atoms with E-state index < -0.39 is 35.9 Å². The number of halogens is 5. The molecule has 2 fully saturated rings. The van der Waals surface area contributed by atoms with Gasteiger partial charge in [-0.05, 0) is 75.9 Å². The number of piperidine rings is 1. The summed E-state index contributed by atoms with van der Waals surface area (Å²) in [4.78, 5) is 27.2. The summed E-state index contributed by atoms with van der Waals surface area (Å²) in [6.07, 6.45) is -1.29. The van der Waals surface area contributed by atoms with Gasteiger partial charge in [0, 0.05) is 35.4 Å². The minimum Gasteiger partial charge on any atom is -0.478 e. The third kappa shape index (κ3) is 6.31. The highest BCUT2D eigenvalue weighted by Gasteiger charge is 2.42. The normalized spacial score (nSPS) is 21.5. The zero-order valence-electron chi connectivity index (χ0n) is 20.4. The summed E-state index contributed by atoms with van der Waals surface area (Å²) < 4.78 is 69.4. The number of rotatable bonds is 7. The van der Waals surface area contributed by atoms with Crippen LogP contribution in [0.3, 0.4) is 0 Å². The largest absolute Gasteiger partial charge is 0.478 e. The molecule has 2 aromatic rings. The molecule has 2 aromatic carbocycles. The van der Waals surface area contributed by atoms with Gasteiger partial charge >= 0.3 is 6.18 Å². The smallest absolute Gasteiger partial charge is 0.405 e. The predicted molar refractivity (Wildman–Crippen MR) is 126 cm³/mol. The summed E-state index contributed by atoms with van der Waals surface area (Å²) in [5.41, 5.74) is -0.305. The third-order valence-corrected chi connectivity index (χ3v) is 6.76. The van der Waals surface area contributed by atoms with E-state index in [4.69, 9.17) is 4.74 Å². The highest BCUT2D eigenvalue weighted by atomic mass is 19.4. The maximum atomic E-state index is 13.5. The summed E-state index contributed by atoms with van der Waals surface area (Å²) >= 11 is 0. The maximum Gasteiger partial charge on any atom is 0.405 e. The van der Waals surface area contributed by atoms with Crippen LogP contribution >= 0.6 is 0 Å². The molecule has 2 N–H and O–H groups in total. The van der Waals surface area contributed by atoms with Gasteiger partial charge in [-0.2, -0.15) is 13.2 Å². The second kappa shape index (κ2) is 10.2. The Balaban J connectivity index is 1.35.